The van der Waals surface area contributed by atoms with Gasteiger partial charge in [0.1, 0.15) is 11.8 Å². The zero-order chi connectivity index (χ0) is 18.9. The molecule has 4 aromatic rings. The normalized spacial score (nSPS) is 16.0. The van der Waals surface area contributed by atoms with Crippen LogP contribution in [-0.4, -0.2) is 22.5 Å². The Morgan fingerprint density at radius 3 is 2.36 bits per heavy atom. The Balaban J connectivity index is 1.58. The molecule has 0 saturated carbocycles. The number of ether oxygens (including phenoxy) is 1. The van der Waals surface area contributed by atoms with Crippen molar-refractivity contribution in [2.45, 2.75) is 12.5 Å². The van der Waals surface area contributed by atoms with Gasteiger partial charge >= 0.3 is 6.09 Å². The molecule has 3 aromatic carbocycles. The molecule has 138 valence electrons. The minimum atomic E-state index is -0.329. The summed E-state index contributed by atoms with van der Waals surface area (Å²) in [6.45, 7) is 0.611. The lowest BCUT2D eigenvalue weighted by molar-refractivity contribution is 0.135. The van der Waals surface area contributed by atoms with E-state index in [1.54, 1.807) is 12.1 Å². The van der Waals surface area contributed by atoms with Crippen LogP contribution in [-0.2, 0) is 6.42 Å². The van der Waals surface area contributed by atoms with Crippen LogP contribution in [0, 0.1) is 0 Å². The zero-order valence-electron chi connectivity index (χ0n) is 15.3. The SMILES string of the molecule is O=C(Oc1ccccc1)N1CCc2c([nH]c3ccccc23)[C@@H]1c1ccccc1. The topological polar surface area (TPSA) is 45.3 Å². The number of aromatic nitrogens is 1. The Hall–Kier alpha value is -3.53. The molecule has 0 unspecified atom stereocenters. The van der Waals surface area contributed by atoms with E-state index in [-0.39, 0.29) is 12.1 Å². The minimum Gasteiger partial charge on any atom is -0.410 e. The molecule has 1 N–H and O–H groups in total. The number of nitrogens with one attached hydrogen (secondary N) is 1. The lowest BCUT2D eigenvalue weighted by atomic mass is 9.93. The van der Waals surface area contributed by atoms with Gasteiger partial charge in [-0.25, -0.2) is 4.79 Å². The summed E-state index contributed by atoms with van der Waals surface area (Å²) >= 11 is 0. The van der Waals surface area contributed by atoms with Crippen LogP contribution in [0.1, 0.15) is 22.9 Å². The molecule has 0 radical (unpaired) electrons. The number of fused-ring (bicyclic) bond motifs is 3. The Morgan fingerprint density at radius 1 is 0.893 bits per heavy atom. The van der Waals surface area contributed by atoms with Crippen LogP contribution in [0.5, 0.6) is 5.75 Å². The van der Waals surface area contributed by atoms with Crippen LogP contribution in [0.2, 0.25) is 0 Å². The molecule has 0 fully saturated rings. The predicted molar refractivity (Wildman–Crippen MR) is 109 cm³/mol. The molecule has 1 aliphatic heterocycles. The number of rotatable bonds is 2. The molecule has 1 aromatic heterocycles. The number of nitrogens with zero attached hydrogens (tertiary/aromatic N) is 1. The fourth-order valence-corrected chi connectivity index (χ4v) is 4.07. The van der Waals surface area contributed by atoms with Crippen molar-refractivity contribution in [3.05, 3.63) is 102 Å². The number of para-hydroxylation sites is 2. The molecule has 2 heterocycles. The van der Waals surface area contributed by atoms with Crippen LogP contribution >= 0.6 is 0 Å². The lowest BCUT2D eigenvalue weighted by Crippen LogP contribution is -2.42. The van der Waals surface area contributed by atoms with Crippen LogP contribution in [0.25, 0.3) is 10.9 Å². The van der Waals surface area contributed by atoms with E-state index in [0.717, 1.165) is 23.2 Å². The summed E-state index contributed by atoms with van der Waals surface area (Å²) in [5.41, 5.74) is 4.53. The Bertz CT molecular complexity index is 1120. The van der Waals surface area contributed by atoms with E-state index in [1.807, 2.05) is 47.4 Å². The third-order valence-corrected chi connectivity index (χ3v) is 5.33. The van der Waals surface area contributed by atoms with Gasteiger partial charge in [0.05, 0.1) is 0 Å². The monoisotopic (exact) mass is 368 g/mol. The van der Waals surface area contributed by atoms with Gasteiger partial charge in [-0.05, 0) is 35.7 Å². The van der Waals surface area contributed by atoms with Gasteiger partial charge in [0, 0.05) is 23.1 Å². The van der Waals surface area contributed by atoms with Crippen molar-refractivity contribution in [3.8, 4) is 5.75 Å². The number of carbonyl (C=O) groups is 1. The van der Waals surface area contributed by atoms with Gasteiger partial charge in [-0.15, -0.1) is 0 Å². The number of H-pyrrole nitrogens is 1. The number of carbonyl (C=O) groups excluding carboxylic acids is 1. The number of hydrogen-bond acceptors (Lipinski definition) is 2. The molecular formula is C24H20N2O2. The van der Waals surface area contributed by atoms with Gasteiger partial charge in [0.25, 0.3) is 0 Å². The predicted octanol–water partition coefficient (Wildman–Crippen LogP) is 5.31. The summed E-state index contributed by atoms with van der Waals surface area (Å²) in [5.74, 6) is 0.557. The summed E-state index contributed by atoms with van der Waals surface area (Å²) in [4.78, 5) is 18.4. The standard InChI is InChI=1S/C24H20N2O2/c27-24(28-18-11-5-2-6-12-18)26-16-15-20-19-13-7-8-14-21(19)25-22(20)23(26)17-9-3-1-4-10-17/h1-14,23,25H,15-16H2/t23-/m0/s1. The molecule has 4 nitrogen and oxygen atoms in total. The first-order valence-electron chi connectivity index (χ1n) is 9.49. The maximum Gasteiger partial charge on any atom is 0.416 e. The molecular weight excluding hydrogens is 348 g/mol. The fraction of sp³-hybridized carbons (Fsp3) is 0.125. The summed E-state index contributed by atoms with van der Waals surface area (Å²) in [6, 6.07) is 27.5. The average Bonchev–Trinajstić information content (AvgIpc) is 3.13. The smallest absolute Gasteiger partial charge is 0.410 e. The molecule has 0 bridgehead atoms. The van der Waals surface area contributed by atoms with Gasteiger partial charge in [-0.1, -0.05) is 66.7 Å². The van der Waals surface area contributed by atoms with E-state index in [2.05, 4.69) is 35.3 Å². The van der Waals surface area contributed by atoms with E-state index in [0.29, 0.717) is 12.3 Å². The molecule has 5 rings (SSSR count). The second kappa shape index (κ2) is 6.89. The third kappa shape index (κ3) is 2.83. The van der Waals surface area contributed by atoms with Crippen LogP contribution in [0.3, 0.4) is 0 Å². The summed E-state index contributed by atoms with van der Waals surface area (Å²) in [7, 11) is 0. The molecule has 0 aliphatic carbocycles. The van der Waals surface area contributed by atoms with Crippen molar-refractivity contribution in [1.82, 2.24) is 9.88 Å². The number of hydrogen-bond donors (Lipinski definition) is 1. The van der Waals surface area contributed by atoms with E-state index in [1.165, 1.54) is 10.9 Å². The first-order chi connectivity index (χ1) is 13.8. The molecule has 1 aliphatic rings. The van der Waals surface area contributed by atoms with Crippen molar-refractivity contribution >= 4 is 17.0 Å². The lowest BCUT2D eigenvalue weighted by Gasteiger charge is -2.35. The van der Waals surface area contributed by atoms with Gasteiger partial charge < -0.3 is 9.72 Å². The first kappa shape index (κ1) is 16.6. The summed E-state index contributed by atoms with van der Waals surface area (Å²) in [5, 5.41) is 1.23. The highest BCUT2D eigenvalue weighted by Crippen LogP contribution is 2.38. The molecule has 1 amide bonds. The molecule has 0 saturated heterocycles. The van der Waals surface area contributed by atoms with Crippen LogP contribution < -0.4 is 4.74 Å². The van der Waals surface area contributed by atoms with E-state index in [9.17, 15) is 4.79 Å². The Kier molecular flexibility index (Phi) is 4.09. The minimum absolute atomic E-state index is 0.200. The second-order valence-electron chi connectivity index (χ2n) is 7.00. The largest absolute Gasteiger partial charge is 0.416 e. The van der Waals surface area contributed by atoms with Gasteiger partial charge in [-0.3, -0.25) is 4.90 Å². The van der Waals surface area contributed by atoms with Crippen molar-refractivity contribution in [3.63, 3.8) is 0 Å². The molecule has 0 spiro atoms. The number of amides is 1. The maximum atomic E-state index is 13.1. The highest BCUT2D eigenvalue weighted by molar-refractivity contribution is 5.86. The van der Waals surface area contributed by atoms with E-state index >= 15 is 0 Å². The third-order valence-electron chi connectivity index (χ3n) is 5.33. The Labute approximate surface area is 163 Å². The van der Waals surface area contributed by atoms with Crippen molar-refractivity contribution in [2.24, 2.45) is 0 Å². The quantitative estimate of drug-likeness (QED) is 0.521. The number of aromatic amines is 1. The zero-order valence-corrected chi connectivity index (χ0v) is 15.3. The highest BCUT2D eigenvalue weighted by atomic mass is 16.6. The molecule has 4 heteroatoms. The molecule has 1 atom stereocenters. The van der Waals surface area contributed by atoms with Gasteiger partial charge in [0.2, 0.25) is 0 Å². The maximum absolute atomic E-state index is 13.1. The van der Waals surface area contributed by atoms with Gasteiger partial charge in [0.15, 0.2) is 0 Å². The van der Waals surface area contributed by atoms with E-state index in [4.69, 9.17) is 4.74 Å². The van der Waals surface area contributed by atoms with Gasteiger partial charge in [-0.2, -0.15) is 0 Å². The van der Waals surface area contributed by atoms with Crippen molar-refractivity contribution in [2.75, 3.05) is 6.54 Å². The van der Waals surface area contributed by atoms with Crippen molar-refractivity contribution in [1.29, 1.82) is 0 Å². The number of benzene rings is 3. The van der Waals surface area contributed by atoms with E-state index < -0.39 is 0 Å². The van der Waals surface area contributed by atoms with Crippen LogP contribution in [0.4, 0.5) is 4.79 Å². The summed E-state index contributed by atoms with van der Waals surface area (Å²) < 4.78 is 5.67. The first-order valence-corrected chi connectivity index (χ1v) is 9.49. The van der Waals surface area contributed by atoms with Crippen molar-refractivity contribution < 1.29 is 9.53 Å². The second-order valence-corrected chi connectivity index (χ2v) is 7.00. The fourth-order valence-electron chi connectivity index (χ4n) is 4.07. The molecule has 28 heavy (non-hydrogen) atoms. The highest BCUT2D eigenvalue weighted by Gasteiger charge is 2.35. The Morgan fingerprint density at radius 2 is 1.57 bits per heavy atom. The average molecular weight is 368 g/mol. The van der Waals surface area contributed by atoms with Crippen LogP contribution in [0.15, 0.2) is 84.9 Å². The summed E-state index contributed by atoms with van der Waals surface area (Å²) in [6.07, 6.45) is 0.469.